The molecule has 0 atom stereocenters. The lowest BCUT2D eigenvalue weighted by Crippen LogP contribution is -2.13. The third-order valence-electron chi connectivity index (χ3n) is 3.70. The first kappa shape index (κ1) is 19.9. The molecule has 0 radical (unpaired) electrons. The minimum atomic E-state index is -3.47. The summed E-state index contributed by atoms with van der Waals surface area (Å²) in [6.07, 6.45) is 2.47. The Kier molecular flexibility index (Phi) is 6.74. The van der Waals surface area contributed by atoms with E-state index >= 15 is 0 Å². The number of halogens is 1. The average molecular weight is 379 g/mol. The maximum atomic E-state index is 13.8. The molecule has 0 spiro atoms. The van der Waals surface area contributed by atoms with Crippen LogP contribution in [0.4, 0.5) is 10.1 Å². The van der Waals surface area contributed by atoms with Crippen LogP contribution in [0.2, 0.25) is 0 Å². The molecule has 5 nitrogen and oxygen atoms in total. The molecular formula is C19H22FNO4S. The second-order valence-corrected chi connectivity index (χ2v) is 8.10. The Hall–Kier alpha value is -2.41. The molecule has 0 saturated heterocycles. The van der Waals surface area contributed by atoms with Crippen LogP contribution in [0.15, 0.2) is 47.4 Å². The molecule has 0 aliphatic heterocycles. The van der Waals surface area contributed by atoms with Crippen LogP contribution in [-0.4, -0.2) is 27.2 Å². The molecule has 0 aromatic heterocycles. The van der Waals surface area contributed by atoms with Crippen LogP contribution < -0.4 is 10.1 Å². The van der Waals surface area contributed by atoms with Gasteiger partial charge in [-0.2, -0.15) is 0 Å². The van der Waals surface area contributed by atoms with Gasteiger partial charge in [-0.15, -0.1) is 0 Å². The highest BCUT2D eigenvalue weighted by molar-refractivity contribution is 7.90. The number of unbranched alkanes of at least 4 members (excludes halogenated alkanes) is 1. The quantitative estimate of drug-likeness (QED) is 0.560. The highest BCUT2D eigenvalue weighted by Gasteiger charge is 2.13. The van der Waals surface area contributed by atoms with Gasteiger partial charge in [0.1, 0.15) is 11.6 Å². The maximum Gasteiger partial charge on any atom is 0.224 e. The van der Waals surface area contributed by atoms with Gasteiger partial charge in [0.15, 0.2) is 9.84 Å². The van der Waals surface area contributed by atoms with E-state index < -0.39 is 15.7 Å². The van der Waals surface area contributed by atoms with Crippen molar-refractivity contribution < 1.29 is 22.3 Å². The van der Waals surface area contributed by atoms with Crippen LogP contribution in [0.25, 0.3) is 0 Å². The van der Waals surface area contributed by atoms with Crippen molar-refractivity contribution >= 4 is 21.4 Å². The molecule has 0 heterocycles. The zero-order chi connectivity index (χ0) is 19.2. The van der Waals surface area contributed by atoms with Gasteiger partial charge >= 0.3 is 0 Å². The summed E-state index contributed by atoms with van der Waals surface area (Å²) in [7, 11) is -3.47. The summed E-state index contributed by atoms with van der Waals surface area (Å²) >= 11 is 0. The number of carbonyl (C=O) groups excluding carboxylic acids is 1. The van der Waals surface area contributed by atoms with E-state index in [9.17, 15) is 17.6 Å². The molecule has 1 N–H and O–H groups in total. The summed E-state index contributed by atoms with van der Waals surface area (Å²) < 4.78 is 42.4. The zero-order valence-electron chi connectivity index (χ0n) is 14.8. The number of hydrogen-bond donors (Lipinski definition) is 1. The minimum absolute atomic E-state index is 0.0410. The summed E-state index contributed by atoms with van der Waals surface area (Å²) in [6.45, 7) is 2.46. The van der Waals surface area contributed by atoms with E-state index in [0.717, 1.165) is 29.7 Å². The van der Waals surface area contributed by atoms with Crippen LogP contribution in [-0.2, 0) is 14.6 Å². The van der Waals surface area contributed by atoms with Crippen molar-refractivity contribution in [2.45, 2.75) is 31.1 Å². The van der Waals surface area contributed by atoms with Gasteiger partial charge in [-0.1, -0.05) is 12.1 Å². The fourth-order valence-corrected chi connectivity index (χ4v) is 2.97. The normalized spacial score (nSPS) is 11.2. The van der Waals surface area contributed by atoms with E-state index in [1.165, 1.54) is 6.07 Å². The first-order valence-corrected chi connectivity index (χ1v) is 10.1. The standard InChI is InChI=1S/C19H22FNO4S/c1-14-6-5-7-15(12-14)25-11-4-3-8-19(22)21-18-13-16(26(2,23)24)9-10-17(18)20/h5-7,9-10,12-13H,3-4,8,11H2,1-2H3,(H,21,22). The molecule has 26 heavy (non-hydrogen) atoms. The van der Waals surface area contributed by atoms with Crippen molar-refractivity contribution in [2.24, 2.45) is 0 Å². The molecule has 140 valence electrons. The zero-order valence-corrected chi connectivity index (χ0v) is 15.6. The number of ether oxygens (including phenoxy) is 1. The Morgan fingerprint density at radius 2 is 1.92 bits per heavy atom. The van der Waals surface area contributed by atoms with Gasteiger partial charge in [0.25, 0.3) is 0 Å². The molecule has 2 aromatic carbocycles. The van der Waals surface area contributed by atoms with Gasteiger partial charge in [0.2, 0.25) is 5.91 Å². The number of hydrogen-bond acceptors (Lipinski definition) is 4. The Morgan fingerprint density at radius 1 is 1.15 bits per heavy atom. The number of rotatable bonds is 8. The van der Waals surface area contributed by atoms with Crippen LogP contribution in [0, 0.1) is 12.7 Å². The Balaban J connectivity index is 1.78. The highest BCUT2D eigenvalue weighted by atomic mass is 32.2. The molecule has 1 amide bonds. The van der Waals surface area contributed by atoms with Gasteiger partial charge < -0.3 is 10.1 Å². The lowest BCUT2D eigenvalue weighted by Gasteiger charge is -2.09. The van der Waals surface area contributed by atoms with Crippen molar-refractivity contribution in [3.8, 4) is 5.75 Å². The molecule has 0 aliphatic carbocycles. The molecule has 7 heteroatoms. The number of nitrogens with one attached hydrogen (secondary N) is 1. The van der Waals surface area contributed by atoms with Crippen LogP contribution in [0.3, 0.4) is 0 Å². The smallest absolute Gasteiger partial charge is 0.224 e. The van der Waals surface area contributed by atoms with E-state index in [1.54, 1.807) is 0 Å². The largest absolute Gasteiger partial charge is 0.494 e. The van der Waals surface area contributed by atoms with Gasteiger partial charge in [-0.25, -0.2) is 12.8 Å². The summed E-state index contributed by atoms with van der Waals surface area (Å²) in [5.74, 6) is -0.257. The van der Waals surface area contributed by atoms with Crippen molar-refractivity contribution in [2.75, 3.05) is 18.2 Å². The minimum Gasteiger partial charge on any atom is -0.494 e. The van der Waals surface area contributed by atoms with E-state index in [0.29, 0.717) is 19.4 Å². The number of sulfone groups is 1. The number of carbonyl (C=O) groups is 1. The fourth-order valence-electron chi connectivity index (χ4n) is 2.33. The third kappa shape index (κ3) is 6.15. The molecule has 0 saturated carbocycles. The van der Waals surface area contributed by atoms with Gasteiger partial charge in [0, 0.05) is 12.7 Å². The fraction of sp³-hybridized carbons (Fsp3) is 0.316. The maximum absolute atomic E-state index is 13.8. The first-order valence-electron chi connectivity index (χ1n) is 8.24. The van der Waals surface area contributed by atoms with Crippen molar-refractivity contribution in [1.29, 1.82) is 0 Å². The number of benzene rings is 2. The Morgan fingerprint density at radius 3 is 2.62 bits per heavy atom. The molecule has 2 rings (SSSR count). The molecule has 0 bridgehead atoms. The summed E-state index contributed by atoms with van der Waals surface area (Å²) in [4.78, 5) is 11.9. The Labute approximate surface area is 153 Å². The van der Waals surface area contributed by atoms with E-state index in [1.807, 2.05) is 31.2 Å². The van der Waals surface area contributed by atoms with Crippen LogP contribution in [0.5, 0.6) is 5.75 Å². The SMILES string of the molecule is Cc1cccc(OCCCCC(=O)Nc2cc(S(C)(=O)=O)ccc2F)c1. The predicted octanol–water partition coefficient (Wildman–Crippen LogP) is 3.73. The summed E-state index contributed by atoms with van der Waals surface area (Å²) in [6, 6.07) is 11.0. The first-order chi connectivity index (χ1) is 12.3. The molecule has 0 fully saturated rings. The Bertz CT molecular complexity index is 881. The number of amides is 1. The van der Waals surface area contributed by atoms with Crippen LogP contribution in [0.1, 0.15) is 24.8 Å². The van der Waals surface area contributed by atoms with Gasteiger partial charge in [0.05, 0.1) is 17.2 Å². The summed E-state index contributed by atoms with van der Waals surface area (Å²) in [5.41, 5.74) is 0.981. The second-order valence-electron chi connectivity index (χ2n) is 6.08. The van der Waals surface area contributed by atoms with Gasteiger partial charge in [-0.3, -0.25) is 4.79 Å². The lowest BCUT2D eigenvalue weighted by molar-refractivity contribution is -0.116. The van der Waals surface area contributed by atoms with Crippen LogP contribution >= 0.6 is 0 Å². The molecule has 0 unspecified atom stereocenters. The highest BCUT2D eigenvalue weighted by Crippen LogP contribution is 2.20. The molecular weight excluding hydrogens is 357 g/mol. The monoisotopic (exact) mass is 379 g/mol. The van der Waals surface area contributed by atoms with E-state index in [4.69, 9.17) is 4.74 Å². The van der Waals surface area contributed by atoms with Crippen molar-refractivity contribution in [3.05, 3.63) is 53.8 Å². The predicted molar refractivity (Wildman–Crippen MR) is 98.7 cm³/mol. The van der Waals surface area contributed by atoms with Crippen molar-refractivity contribution in [3.63, 3.8) is 0 Å². The van der Waals surface area contributed by atoms with E-state index in [-0.39, 0.29) is 22.9 Å². The van der Waals surface area contributed by atoms with Crippen molar-refractivity contribution in [1.82, 2.24) is 0 Å². The molecule has 0 aliphatic rings. The number of anilines is 1. The number of aryl methyl sites for hydroxylation is 1. The van der Waals surface area contributed by atoms with E-state index in [2.05, 4.69) is 5.32 Å². The lowest BCUT2D eigenvalue weighted by atomic mass is 10.2. The molecule has 2 aromatic rings. The third-order valence-corrected chi connectivity index (χ3v) is 4.81. The topological polar surface area (TPSA) is 72.5 Å². The second kappa shape index (κ2) is 8.80. The average Bonchev–Trinajstić information content (AvgIpc) is 2.55. The summed E-state index contributed by atoms with van der Waals surface area (Å²) in [5, 5.41) is 2.42. The van der Waals surface area contributed by atoms with Gasteiger partial charge in [-0.05, 0) is 55.7 Å².